The summed E-state index contributed by atoms with van der Waals surface area (Å²) in [5.41, 5.74) is 0. The number of ether oxygens (including phenoxy) is 6. The maximum absolute atomic E-state index is 13.4. The van der Waals surface area contributed by atoms with E-state index in [1.165, 1.54) is 141 Å². The molecule has 0 saturated carbocycles. The van der Waals surface area contributed by atoms with E-state index in [1.54, 1.807) is 6.08 Å². The largest absolute Gasteiger partial charge is 0.394 e. The predicted molar refractivity (Wildman–Crippen MR) is 351 cm³/mol. The zero-order valence-electron chi connectivity index (χ0n) is 55.1. The molecule has 0 spiro atoms. The quantitative estimate of drug-likeness (QED) is 0.0199. The van der Waals surface area contributed by atoms with Crippen molar-refractivity contribution >= 4 is 5.91 Å². The van der Waals surface area contributed by atoms with Crippen LogP contribution in [0.3, 0.4) is 0 Å². The summed E-state index contributed by atoms with van der Waals surface area (Å²) in [5, 5.41) is 120. The zero-order chi connectivity index (χ0) is 65.4. The minimum atomic E-state index is -1.98. The van der Waals surface area contributed by atoms with Crippen molar-refractivity contribution in [2.45, 2.75) is 343 Å². The second kappa shape index (κ2) is 52.5. The van der Waals surface area contributed by atoms with E-state index in [2.05, 4.69) is 79.9 Å². The molecule has 3 saturated heterocycles. The molecule has 1 amide bonds. The Balaban J connectivity index is 1.35. The molecule has 17 unspecified atom stereocenters. The van der Waals surface area contributed by atoms with E-state index in [0.717, 1.165) is 64.2 Å². The summed E-state index contributed by atoms with van der Waals surface area (Å²) in [6.45, 7) is 1.58. The standard InChI is InChI=1S/C71H125NO18/c1-3-5-7-9-11-13-15-17-18-19-20-21-22-23-24-25-26-27-28-29-30-31-32-33-34-35-36-37-39-41-43-45-47-49-59(77)72-54(55(76)48-46-44-42-40-38-16-14-12-10-8-6-4-2)53-85-69-65(83)62(80)67(57(51-74)87-69)90-71-66(84)63(81)68(58(52-75)88-71)89-70-64(82)61(79)60(78)56(50-73)86-70/h5,7,11,13,17-18,20-21,38,40,46,48,54-58,60-71,73-76,78-84H,3-4,6,8-10,12,14-16,19,22-37,39,41-45,47,49-53H2,1-2H3,(H,72,77)/b7-5-,13-11-,18-17-,21-20-,40-38+,48-46+. The van der Waals surface area contributed by atoms with Crippen LogP contribution in [0.1, 0.15) is 239 Å². The highest BCUT2D eigenvalue weighted by Gasteiger charge is 2.53. The summed E-state index contributed by atoms with van der Waals surface area (Å²) in [5.74, 6) is -0.286. The van der Waals surface area contributed by atoms with Crippen LogP contribution in [0.25, 0.3) is 0 Å². The summed E-state index contributed by atoms with van der Waals surface area (Å²) in [6, 6.07) is -0.990. The van der Waals surface area contributed by atoms with E-state index in [0.29, 0.717) is 12.8 Å². The third-order valence-electron chi connectivity index (χ3n) is 17.2. The molecule has 3 fully saturated rings. The van der Waals surface area contributed by atoms with E-state index in [-0.39, 0.29) is 18.9 Å². The van der Waals surface area contributed by atoms with Gasteiger partial charge < -0.3 is 89.9 Å². The van der Waals surface area contributed by atoms with Crippen LogP contribution >= 0.6 is 0 Å². The Bertz CT molecular complexity index is 1920. The molecule has 0 radical (unpaired) electrons. The summed E-state index contributed by atoms with van der Waals surface area (Å²) in [4.78, 5) is 13.4. The molecular formula is C71H125NO18. The maximum atomic E-state index is 13.4. The number of aliphatic hydroxyl groups is 11. The number of hydrogen-bond donors (Lipinski definition) is 12. The summed E-state index contributed by atoms with van der Waals surface area (Å²) in [6.07, 6.45) is 39.1. The second-order valence-electron chi connectivity index (χ2n) is 25.0. The van der Waals surface area contributed by atoms with Gasteiger partial charge in [0.15, 0.2) is 18.9 Å². The van der Waals surface area contributed by atoms with E-state index in [9.17, 15) is 61.0 Å². The minimum Gasteiger partial charge on any atom is -0.394 e. The molecule has 3 aliphatic heterocycles. The topological polar surface area (TPSA) is 307 Å². The summed E-state index contributed by atoms with van der Waals surface area (Å²) in [7, 11) is 0. The van der Waals surface area contributed by atoms with Gasteiger partial charge in [-0.1, -0.05) is 234 Å². The van der Waals surface area contributed by atoms with Crippen LogP contribution in [-0.4, -0.2) is 193 Å². The van der Waals surface area contributed by atoms with Crippen molar-refractivity contribution in [1.29, 1.82) is 0 Å². The third-order valence-corrected chi connectivity index (χ3v) is 17.2. The van der Waals surface area contributed by atoms with Crippen molar-refractivity contribution in [3.63, 3.8) is 0 Å². The molecule has 3 heterocycles. The molecule has 19 nitrogen and oxygen atoms in total. The molecule has 12 N–H and O–H groups in total. The van der Waals surface area contributed by atoms with E-state index < -0.39 is 124 Å². The number of carbonyl (C=O) groups is 1. The minimum absolute atomic E-state index is 0.235. The number of unbranched alkanes of at least 4 members (excludes halogenated alkanes) is 27. The molecular weight excluding hydrogens is 1150 g/mol. The predicted octanol–water partition coefficient (Wildman–Crippen LogP) is 9.33. The third kappa shape index (κ3) is 34.1. The lowest BCUT2D eigenvalue weighted by atomic mass is 9.96. The fourth-order valence-corrected chi connectivity index (χ4v) is 11.6. The first-order valence-corrected chi connectivity index (χ1v) is 35.2. The fourth-order valence-electron chi connectivity index (χ4n) is 11.6. The van der Waals surface area contributed by atoms with Crippen molar-refractivity contribution in [1.82, 2.24) is 5.32 Å². The molecule has 19 heteroatoms. The van der Waals surface area contributed by atoms with Crippen molar-refractivity contribution in [3.05, 3.63) is 72.9 Å². The molecule has 0 aromatic rings. The van der Waals surface area contributed by atoms with Crippen molar-refractivity contribution in [3.8, 4) is 0 Å². The highest BCUT2D eigenvalue weighted by atomic mass is 16.8. The Morgan fingerprint density at radius 3 is 1.24 bits per heavy atom. The van der Waals surface area contributed by atoms with Crippen molar-refractivity contribution in [2.75, 3.05) is 26.4 Å². The van der Waals surface area contributed by atoms with Crippen LogP contribution in [0.5, 0.6) is 0 Å². The normalized spacial score (nSPS) is 28.5. The molecule has 17 atom stereocenters. The Labute approximate surface area is 540 Å². The SMILES string of the molecule is CC/C=C\C/C=C\C/C=C\C/C=C\CCCCCCCCCCCCCCCCCCCCCCC(=O)NC(COC1OC(CO)C(OC2OC(CO)C(OC3OC(CO)C(O)C(O)C3O)C(O)C2O)C(O)C1O)C(O)/C=C/CC/C=C/CCCCCCCC. The lowest BCUT2D eigenvalue weighted by molar-refractivity contribution is -0.379. The lowest BCUT2D eigenvalue weighted by Gasteiger charge is -2.48. The highest BCUT2D eigenvalue weighted by molar-refractivity contribution is 5.76. The summed E-state index contributed by atoms with van der Waals surface area (Å²) >= 11 is 0. The van der Waals surface area contributed by atoms with Crippen molar-refractivity contribution in [2.24, 2.45) is 0 Å². The number of rotatable bonds is 53. The van der Waals surface area contributed by atoms with Gasteiger partial charge in [-0.3, -0.25) is 4.79 Å². The monoisotopic (exact) mass is 1280 g/mol. The van der Waals surface area contributed by atoms with Crippen molar-refractivity contribution < 1.29 is 89.4 Å². The highest BCUT2D eigenvalue weighted by Crippen LogP contribution is 2.33. The van der Waals surface area contributed by atoms with E-state index >= 15 is 0 Å². The Kier molecular flexibility index (Phi) is 47.5. The molecule has 90 heavy (non-hydrogen) atoms. The number of carbonyl (C=O) groups excluding carboxylic acids is 1. The zero-order valence-corrected chi connectivity index (χ0v) is 55.1. The molecule has 3 rings (SSSR count). The lowest BCUT2D eigenvalue weighted by Crippen LogP contribution is -2.66. The van der Waals surface area contributed by atoms with Gasteiger partial charge in [0.25, 0.3) is 0 Å². The summed E-state index contributed by atoms with van der Waals surface area (Å²) < 4.78 is 34.3. The molecule has 0 aromatic heterocycles. The number of allylic oxidation sites excluding steroid dienone is 11. The number of amides is 1. The fraction of sp³-hybridized carbons (Fsp3) is 0.817. The maximum Gasteiger partial charge on any atom is 0.220 e. The van der Waals surface area contributed by atoms with Gasteiger partial charge in [-0.05, 0) is 70.6 Å². The molecule has 0 bridgehead atoms. The average Bonchev–Trinajstić information content (AvgIpc) is 0.864. The van der Waals surface area contributed by atoms with E-state index in [1.807, 2.05) is 6.08 Å². The van der Waals surface area contributed by atoms with Gasteiger partial charge in [0.2, 0.25) is 5.91 Å². The van der Waals surface area contributed by atoms with Gasteiger partial charge in [-0.15, -0.1) is 0 Å². The van der Waals surface area contributed by atoms with E-state index in [4.69, 9.17) is 28.4 Å². The molecule has 3 aliphatic rings. The Hall–Kier alpha value is -2.77. The first kappa shape index (κ1) is 81.5. The average molecular weight is 1280 g/mol. The van der Waals surface area contributed by atoms with Crippen LogP contribution in [0.2, 0.25) is 0 Å². The first-order valence-electron chi connectivity index (χ1n) is 35.2. The van der Waals surface area contributed by atoms with Crippen LogP contribution < -0.4 is 5.32 Å². The first-order chi connectivity index (χ1) is 43.8. The molecule has 0 aliphatic carbocycles. The van der Waals surface area contributed by atoms with Gasteiger partial charge in [-0.25, -0.2) is 0 Å². The number of hydrogen-bond acceptors (Lipinski definition) is 18. The van der Waals surface area contributed by atoms with Gasteiger partial charge in [-0.2, -0.15) is 0 Å². The van der Waals surface area contributed by atoms with Crippen LogP contribution in [0, 0.1) is 0 Å². The number of aliphatic hydroxyl groups excluding tert-OH is 11. The van der Waals surface area contributed by atoms with Gasteiger partial charge in [0.1, 0.15) is 73.2 Å². The smallest absolute Gasteiger partial charge is 0.220 e. The number of nitrogens with one attached hydrogen (secondary N) is 1. The Morgan fingerprint density at radius 2 is 0.778 bits per heavy atom. The second-order valence-corrected chi connectivity index (χ2v) is 25.0. The molecule has 0 aromatic carbocycles. The van der Waals surface area contributed by atoms with Crippen LogP contribution in [0.15, 0.2) is 72.9 Å². The van der Waals surface area contributed by atoms with Gasteiger partial charge >= 0.3 is 0 Å². The van der Waals surface area contributed by atoms with Crippen LogP contribution in [0.4, 0.5) is 0 Å². The van der Waals surface area contributed by atoms with Crippen LogP contribution in [-0.2, 0) is 33.2 Å². The molecule has 522 valence electrons. The van der Waals surface area contributed by atoms with Gasteiger partial charge in [0.05, 0.1) is 38.6 Å². The van der Waals surface area contributed by atoms with Gasteiger partial charge in [0, 0.05) is 6.42 Å². The Morgan fingerprint density at radius 1 is 0.411 bits per heavy atom.